The number of halogens is 1. The molecular weight excluding hydrogens is 285 g/mol. The van der Waals surface area contributed by atoms with Crippen molar-refractivity contribution >= 4 is 17.6 Å². The predicted octanol–water partition coefficient (Wildman–Crippen LogP) is 2.69. The Morgan fingerprint density at radius 1 is 1.32 bits per heavy atom. The molecule has 1 heterocycles. The minimum absolute atomic E-state index is 0.0359. The van der Waals surface area contributed by atoms with Crippen molar-refractivity contribution in [3.8, 4) is 0 Å². The van der Waals surface area contributed by atoms with Crippen LogP contribution in [0.25, 0.3) is 0 Å². The first-order chi connectivity index (χ1) is 10.6. The lowest BCUT2D eigenvalue weighted by molar-refractivity contribution is -0.134. The van der Waals surface area contributed by atoms with Gasteiger partial charge in [0.2, 0.25) is 5.91 Å². The third-order valence-electron chi connectivity index (χ3n) is 3.99. The largest absolute Gasteiger partial charge is 0.341 e. The number of nitrogens with one attached hydrogen (secondary N) is 1. The molecule has 22 heavy (non-hydrogen) atoms. The highest BCUT2D eigenvalue weighted by molar-refractivity contribution is 5.94. The highest BCUT2D eigenvalue weighted by Gasteiger charge is 2.36. The Labute approximate surface area is 130 Å². The van der Waals surface area contributed by atoms with Gasteiger partial charge in [0.25, 0.3) is 0 Å². The number of urea groups is 1. The van der Waals surface area contributed by atoms with Gasteiger partial charge in [0.1, 0.15) is 11.9 Å². The van der Waals surface area contributed by atoms with Crippen LogP contribution in [0.15, 0.2) is 24.3 Å². The second-order valence-electron chi connectivity index (χ2n) is 5.27. The maximum Gasteiger partial charge on any atom is 0.322 e. The number of anilines is 1. The van der Waals surface area contributed by atoms with Gasteiger partial charge >= 0.3 is 6.03 Å². The van der Waals surface area contributed by atoms with E-state index in [-0.39, 0.29) is 11.6 Å². The van der Waals surface area contributed by atoms with E-state index >= 15 is 0 Å². The first-order valence-electron chi connectivity index (χ1n) is 7.69. The predicted molar refractivity (Wildman–Crippen MR) is 83.1 cm³/mol. The van der Waals surface area contributed by atoms with E-state index in [1.807, 2.05) is 13.8 Å². The molecule has 0 saturated carbocycles. The van der Waals surface area contributed by atoms with Crippen LogP contribution >= 0.6 is 0 Å². The molecule has 1 aromatic rings. The molecule has 0 bridgehead atoms. The summed E-state index contributed by atoms with van der Waals surface area (Å²) in [6, 6.07) is 5.14. The third-order valence-corrected chi connectivity index (χ3v) is 3.99. The molecule has 3 amide bonds. The lowest BCUT2D eigenvalue weighted by Crippen LogP contribution is -2.49. The van der Waals surface area contributed by atoms with Crippen molar-refractivity contribution in [1.82, 2.24) is 9.80 Å². The number of benzene rings is 1. The summed E-state index contributed by atoms with van der Waals surface area (Å²) in [5.74, 6) is -0.521. The Morgan fingerprint density at radius 2 is 2.00 bits per heavy atom. The minimum Gasteiger partial charge on any atom is -0.341 e. The molecular formula is C16H22FN3O2. The van der Waals surface area contributed by atoms with E-state index in [1.54, 1.807) is 17.0 Å². The number of likely N-dealkylation sites (N-methyl/N-ethyl adjacent to an activating group) is 1. The van der Waals surface area contributed by atoms with Gasteiger partial charge in [0.15, 0.2) is 0 Å². The molecule has 0 spiro atoms. The zero-order valence-electron chi connectivity index (χ0n) is 13.0. The first kappa shape index (κ1) is 16.3. The summed E-state index contributed by atoms with van der Waals surface area (Å²) in [6.07, 6.45) is 1.43. The normalized spacial score (nSPS) is 17.4. The highest BCUT2D eigenvalue weighted by atomic mass is 19.1. The molecule has 6 heteroatoms. The molecule has 1 aromatic carbocycles. The van der Waals surface area contributed by atoms with Gasteiger partial charge in [-0.15, -0.1) is 0 Å². The Kier molecular flexibility index (Phi) is 5.35. The van der Waals surface area contributed by atoms with Crippen LogP contribution in [0.4, 0.5) is 14.9 Å². The molecule has 0 unspecified atom stereocenters. The maximum atomic E-state index is 13.6. The number of carbonyl (C=O) groups excluding carboxylic acids is 2. The van der Waals surface area contributed by atoms with Crippen LogP contribution in [0.5, 0.6) is 0 Å². The van der Waals surface area contributed by atoms with E-state index in [4.69, 9.17) is 0 Å². The van der Waals surface area contributed by atoms with Crippen molar-refractivity contribution in [2.75, 3.05) is 25.0 Å². The van der Waals surface area contributed by atoms with Gasteiger partial charge in [0.05, 0.1) is 5.69 Å². The molecule has 1 saturated heterocycles. The molecule has 1 atom stereocenters. The van der Waals surface area contributed by atoms with Crippen LogP contribution in [0.1, 0.15) is 26.7 Å². The van der Waals surface area contributed by atoms with E-state index in [9.17, 15) is 14.0 Å². The van der Waals surface area contributed by atoms with Crippen molar-refractivity contribution in [3.63, 3.8) is 0 Å². The van der Waals surface area contributed by atoms with Gasteiger partial charge in [-0.1, -0.05) is 12.1 Å². The Bertz CT molecular complexity index is 546. The van der Waals surface area contributed by atoms with Crippen molar-refractivity contribution in [3.05, 3.63) is 30.1 Å². The van der Waals surface area contributed by atoms with E-state index < -0.39 is 17.9 Å². The summed E-state index contributed by atoms with van der Waals surface area (Å²) in [7, 11) is 0. The van der Waals surface area contributed by atoms with E-state index in [0.29, 0.717) is 26.1 Å². The minimum atomic E-state index is -0.485. The second kappa shape index (κ2) is 7.24. The molecule has 0 aliphatic carbocycles. The zero-order chi connectivity index (χ0) is 16.1. The first-order valence-corrected chi connectivity index (χ1v) is 7.69. The fraction of sp³-hybridized carbons (Fsp3) is 0.500. The SMILES string of the molecule is CCN(CC)C(=O)[C@@H]1CCCN1C(=O)Nc1ccccc1F. The molecule has 120 valence electrons. The van der Waals surface area contributed by atoms with Gasteiger partial charge in [-0.05, 0) is 38.8 Å². The number of amides is 3. The van der Waals surface area contributed by atoms with E-state index in [1.165, 1.54) is 17.0 Å². The van der Waals surface area contributed by atoms with Crippen LogP contribution in [-0.2, 0) is 4.79 Å². The summed E-state index contributed by atoms with van der Waals surface area (Å²) in [5.41, 5.74) is 0.133. The number of hydrogen-bond donors (Lipinski definition) is 1. The van der Waals surface area contributed by atoms with Crippen LogP contribution in [0, 0.1) is 5.82 Å². The van der Waals surface area contributed by atoms with Gasteiger partial charge in [-0.3, -0.25) is 4.79 Å². The van der Waals surface area contributed by atoms with Crippen molar-refractivity contribution in [2.24, 2.45) is 0 Å². The topological polar surface area (TPSA) is 52.7 Å². The van der Waals surface area contributed by atoms with Gasteiger partial charge in [-0.25, -0.2) is 9.18 Å². The lowest BCUT2D eigenvalue weighted by Gasteiger charge is -2.29. The molecule has 1 fully saturated rings. The fourth-order valence-electron chi connectivity index (χ4n) is 2.76. The Morgan fingerprint density at radius 3 is 2.64 bits per heavy atom. The number of nitrogens with zero attached hydrogens (tertiary/aromatic N) is 2. The van der Waals surface area contributed by atoms with Crippen LogP contribution < -0.4 is 5.32 Å². The van der Waals surface area contributed by atoms with Crippen LogP contribution in [-0.4, -0.2) is 47.4 Å². The average Bonchev–Trinajstić information content (AvgIpc) is 3.00. The highest BCUT2D eigenvalue weighted by Crippen LogP contribution is 2.21. The Balaban J connectivity index is 2.08. The summed E-state index contributed by atoms with van der Waals surface area (Å²) >= 11 is 0. The Hall–Kier alpha value is -2.11. The summed E-state index contributed by atoms with van der Waals surface area (Å²) < 4.78 is 13.6. The number of hydrogen-bond acceptors (Lipinski definition) is 2. The fourth-order valence-corrected chi connectivity index (χ4v) is 2.76. The number of carbonyl (C=O) groups is 2. The average molecular weight is 307 g/mol. The van der Waals surface area contributed by atoms with Gasteiger partial charge in [-0.2, -0.15) is 0 Å². The summed E-state index contributed by atoms with van der Waals surface area (Å²) in [5, 5.41) is 2.55. The van der Waals surface area contributed by atoms with Crippen LogP contribution in [0.2, 0.25) is 0 Å². The van der Waals surface area contributed by atoms with Crippen molar-refractivity contribution in [1.29, 1.82) is 0 Å². The van der Waals surface area contributed by atoms with E-state index in [2.05, 4.69) is 5.32 Å². The zero-order valence-corrected chi connectivity index (χ0v) is 13.0. The monoisotopic (exact) mass is 307 g/mol. The molecule has 0 aromatic heterocycles. The summed E-state index contributed by atoms with van der Waals surface area (Å²) in [6.45, 7) is 5.58. The lowest BCUT2D eigenvalue weighted by atomic mass is 10.2. The molecule has 2 rings (SSSR count). The number of rotatable bonds is 4. The van der Waals surface area contributed by atoms with Gasteiger partial charge in [0, 0.05) is 19.6 Å². The number of likely N-dealkylation sites (tertiary alicyclic amines) is 1. The molecule has 5 nitrogen and oxygen atoms in total. The van der Waals surface area contributed by atoms with E-state index in [0.717, 1.165) is 6.42 Å². The maximum absolute atomic E-state index is 13.6. The van der Waals surface area contributed by atoms with Crippen molar-refractivity contribution in [2.45, 2.75) is 32.7 Å². The second-order valence-corrected chi connectivity index (χ2v) is 5.27. The molecule has 1 N–H and O–H groups in total. The molecule has 1 aliphatic rings. The quantitative estimate of drug-likeness (QED) is 0.930. The van der Waals surface area contributed by atoms with Crippen LogP contribution in [0.3, 0.4) is 0 Å². The third kappa shape index (κ3) is 3.37. The molecule has 1 aliphatic heterocycles. The number of para-hydroxylation sites is 1. The van der Waals surface area contributed by atoms with Gasteiger partial charge < -0.3 is 15.1 Å². The smallest absolute Gasteiger partial charge is 0.322 e. The van der Waals surface area contributed by atoms with Crippen molar-refractivity contribution < 1.29 is 14.0 Å². The standard InChI is InChI=1S/C16H22FN3O2/c1-3-19(4-2)15(21)14-10-7-11-20(14)16(22)18-13-9-6-5-8-12(13)17/h5-6,8-9,14H,3-4,7,10-11H2,1-2H3,(H,18,22)/t14-/m0/s1. The summed E-state index contributed by atoms with van der Waals surface area (Å²) in [4.78, 5) is 28.1. The molecule has 0 radical (unpaired) electrons.